The standard InChI is InChI=1S/C11H24N2O3/c1-10(2)16-9-11(14)13(6-4-5-12)7-8-15-3/h10H,4-9,12H2,1-3H3. The van der Waals surface area contributed by atoms with Crippen molar-refractivity contribution in [3.8, 4) is 0 Å². The second-order valence-corrected chi connectivity index (χ2v) is 3.88. The SMILES string of the molecule is COCCN(CCCN)C(=O)COC(C)C. The highest BCUT2D eigenvalue weighted by atomic mass is 16.5. The summed E-state index contributed by atoms with van der Waals surface area (Å²) < 4.78 is 10.2. The maximum absolute atomic E-state index is 11.8. The molecule has 0 aromatic rings. The third-order valence-electron chi connectivity index (χ3n) is 2.09. The van der Waals surface area contributed by atoms with Crippen molar-refractivity contribution >= 4 is 5.91 Å². The number of rotatable bonds is 9. The second kappa shape index (κ2) is 9.57. The molecule has 1 amide bonds. The lowest BCUT2D eigenvalue weighted by molar-refractivity contribution is -0.138. The minimum atomic E-state index is -0.000741. The fourth-order valence-corrected chi connectivity index (χ4v) is 1.17. The number of carbonyl (C=O) groups is 1. The number of hydrogen-bond donors (Lipinski definition) is 1. The van der Waals surface area contributed by atoms with Crippen molar-refractivity contribution in [3.05, 3.63) is 0 Å². The highest BCUT2D eigenvalue weighted by Gasteiger charge is 2.13. The van der Waals surface area contributed by atoms with E-state index in [9.17, 15) is 4.79 Å². The zero-order valence-electron chi connectivity index (χ0n) is 10.6. The van der Waals surface area contributed by atoms with Crippen LogP contribution in [0.1, 0.15) is 20.3 Å². The van der Waals surface area contributed by atoms with E-state index in [4.69, 9.17) is 15.2 Å². The summed E-state index contributed by atoms with van der Waals surface area (Å²) in [6.45, 7) is 6.34. The first-order chi connectivity index (χ1) is 7.61. The molecule has 0 aromatic heterocycles. The molecule has 0 unspecified atom stereocenters. The Hall–Kier alpha value is -0.650. The van der Waals surface area contributed by atoms with Crippen LogP contribution in [0.15, 0.2) is 0 Å². The van der Waals surface area contributed by atoms with Crippen LogP contribution in [0.2, 0.25) is 0 Å². The molecule has 0 aliphatic carbocycles. The van der Waals surface area contributed by atoms with Gasteiger partial charge < -0.3 is 20.1 Å². The van der Waals surface area contributed by atoms with Gasteiger partial charge in [0, 0.05) is 20.2 Å². The number of nitrogens with two attached hydrogens (primary N) is 1. The van der Waals surface area contributed by atoms with Crippen molar-refractivity contribution in [2.75, 3.05) is 40.0 Å². The molecule has 0 saturated carbocycles. The predicted molar refractivity (Wildman–Crippen MR) is 63.2 cm³/mol. The maximum Gasteiger partial charge on any atom is 0.248 e. The fraction of sp³-hybridized carbons (Fsp3) is 0.909. The largest absolute Gasteiger partial charge is 0.383 e. The molecule has 2 N–H and O–H groups in total. The molecule has 0 aliphatic rings. The molecule has 5 heteroatoms. The van der Waals surface area contributed by atoms with Crippen molar-refractivity contribution in [2.24, 2.45) is 5.73 Å². The topological polar surface area (TPSA) is 64.8 Å². The Morgan fingerprint density at radius 2 is 2.06 bits per heavy atom. The summed E-state index contributed by atoms with van der Waals surface area (Å²) in [6, 6.07) is 0. The number of amides is 1. The van der Waals surface area contributed by atoms with E-state index in [1.54, 1.807) is 12.0 Å². The number of ether oxygens (including phenoxy) is 2. The molecule has 0 atom stereocenters. The van der Waals surface area contributed by atoms with Crippen LogP contribution in [0, 0.1) is 0 Å². The van der Waals surface area contributed by atoms with Crippen LogP contribution < -0.4 is 5.73 Å². The Morgan fingerprint density at radius 1 is 1.38 bits per heavy atom. The predicted octanol–water partition coefficient (Wildman–Crippen LogP) is 0.235. The van der Waals surface area contributed by atoms with Crippen molar-refractivity contribution in [1.82, 2.24) is 4.90 Å². The Kier molecular flexibility index (Phi) is 9.18. The summed E-state index contributed by atoms with van der Waals surface area (Å²) in [7, 11) is 1.62. The average molecular weight is 232 g/mol. The monoisotopic (exact) mass is 232 g/mol. The first-order valence-corrected chi connectivity index (χ1v) is 5.70. The lowest BCUT2D eigenvalue weighted by atomic mass is 10.3. The molecule has 16 heavy (non-hydrogen) atoms. The van der Waals surface area contributed by atoms with Gasteiger partial charge in [0.1, 0.15) is 6.61 Å². The van der Waals surface area contributed by atoms with Crippen molar-refractivity contribution in [1.29, 1.82) is 0 Å². The van der Waals surface area contributed by atoms with Gasteiger partial charge in [-0.05, 0) is 26.8 Å². The lowest BCUT2D eigenvalue weighted by Crippen LogP contribution is -2.38. The molecule has 96 valence electrons. The quantitative estimate of drug-likeness (QED) is 0.618. The van der Waals surface area contributed by atoms with E-state index < -0.39 is 0 Å². The summed E-state index contributed by atoms with van der Waals surface area (Å²) in [4.78, 5) is 13.5. The third-order valence-corrected chi connectivity index (χ3v) is 2.09. The van der Waals surface area contributed by atoms with Crippen LogP contribution >= 0.6 is 0 Å². The average Bonchev–Trinajstić information content (AvgIpc) is 2.26. The van der Waals surface area contributed by atoms with Crippen LogP contribution in [0.5, 0.6) is 0 Å². The highest BCUT2D eigenvalue weighted by Crippen LogP contribution is 1.96. The molecular weight excluding hydrogens is 208 g/mol. The van der Waals surface area contributed by atoms with Crippen LogP contribution in [-0.4, -0.2) is 56.9 Å². The van der Waals surface area contributed by atoms with Gasteiger partial charge in [0.25, 0.3) is 0 Å². The van der Waals surface area contributed by atoms with Gasteiger partial charge in [0.2, 0.25) is 5.91 Å². The van der Waals surface area contributed by atoms with E-state index in [0.29, 0.717) is 26.2 Å². The maximum atomic E-state index is 11.8. The molecule has 0 fully saturated rings. The minimum Gasteiger partial charge on any atom is -0.383 e. The van der Waals surface area contributed by atoms with E-state index in [1.807, 2.05) is 13.8 Å². The van der Waals surface area contributed by atoms with Crippen molar-refractivity contribution < 1.29 is 14.3 Å². The van der Waals surface area contributed by atoms with Crippen LogP contribution in [0.4, 0.5) is 0 Å². The zero-order chi connectivity index (χ0) is 12.4. The van der Waals surface area contributed by atoms with Gasteiger partial charge in [0.15, 0.2) is 0 Å². The van der Waals surface area contributed by atoms with Gasteiger partial charge in [-0.1, -0.05) is 0 Å². The summed E-state index contributed by atoms with van der Waals surface area (Å²) in [5.74, 6) is -0.000741. The molecule has 0 aromatic carbocycles. The van der Waals surface area contributed by atoms with Gasteiger partial charge in [-0.25, -0.2) is 0 Å². The molecule has 0 heterocycles. The summed E-state index contributed by atoms with van der Waals surface area (Å²) in [5.41, 5.74) is 5.43. The van der Waals surface area contributed by atoms with Gasteiger partial charge in [0.05, 0.1) is 12.7 Å². The molecule has 5 nitrogen and oxygen atoms in total. The van der Waals surface area contributed by atoms with Crippen LogP contribution in [0.3, 0.4) is 0 Å². The number of carbonyl (C=O) groups excluding carboxylic acids is 1. The Balaban J connectivity index is 3.98. The van der Waals surface area contributed by atoms with Gasteiger partial charge >= 0.3 is 0 Å². The zero-order valence-corrected chi connectivity index (χ0v) is 10.6. The first-order valence-electron chi connectivity index (χ1n) is 5.70. The molecule has 0 bridgehead atoms. The molecule has 0 aliphatic heterocycles. The van der Waals surface area contributed by atoms with E-state index in [0.717, 1.165) is 6.42 Å². The molecular formula is C11H24N2O3. The molecule has 0 spiro atoms. The highest BCUT2D eigenvalue weighted by molar-refractivity contribution is 5.77. The van der Waals surface area contributed by atoms with Crippen LogP contribution in [-0.2, 0) is 14.3 Å². The van der Waals surface area contributed by atoms with Crippen LogP contribution in [0.25, 0.3) is 0 Å². The van der Waals surface area contributed by atoms with Crippen molar-refractivity contribution in [2.45, 2.75) is 26.4 Å². The Bertz CT molecular complexity index is 178. The van der Waals surface area contributed by atoms with Gasteiger partial charge in [-0.3, -0.25) is 4.79 Å². The molecule has 0 rings (SSSR count). The van der Waals surface area contributed by atoms with Gasteiger partial charge in [-0.2, -0.15) is 0 Å². The number of nitrogens with zero attached hydrogens (tertiary/aromatic N) is 1. The van der Waals surface area contributed by atoms with E-state index in [2.05, 4.69) is 0 Å². The Morgan fingerprint density at radius 3 is 2.56 bits per heavy atom. The Labute approximate surface area is 97.9 Å². The van der Waals surface area contributed by atoms with E-state index >= 15 is 0 Å². The first kappa shape index (κ1) is 15.3. The normalized spacial score (nSPS) is 10.8. The lowest BCUT2D eigenvalue weighted by Gasteiger charge is -2.22. The molecule has 0 radical (unpaired) electrons. The summed E-state index contributed by atoms with van der Waals surface area (Å²) in [6.07, 6.45) is 0.875. The van der Waals surface area contributed by atoms with E-state index in [1.165, 1.54) is 0 Å². The molecule has 0 saturated heterocycles. The second-order valence-electron chi connectivity index (χ2n) is 3.88. The number of hydrogen-bond acceptors (Lipinski definition) is 4. The van der Waals surface area contributed by atoms with E-state index in [-0.39, 0.29) is 18.6 Å². The smallest absolute Gasteiger partial charge is 0.248 e. The van der Waals surface area contributed by atoms with Crippen molar-refractivity contribution in [3.63, 3.8) is 0 Å². The summed E-state index contributed by atoms with van der Waals surface area (Å²) in [5, 5.41) is 0. The number of methoxy groups -OCH3 is 1. The minimum absolute atomic E-state index is 0.000741. The fourth-order valence-electron chi connectivity index (χ4n) is 1.17. The third kappa shape index (κ3) is 7.62. The summed E-state index contributed by atoms with van der Waals surface area (Å²) >= 11 is 0. The van der Waals surface area contributed by atoms with Gasteiger partial charge in [-0.15, -0.1) is 0 Å².